The number of rotatable bonds is 3. The molecule has 6 heteroatoms. The van der Waals surface area contributed by atoms with Gasteiger partial charge in [-0.3, -0.25) is 4.68 Å². The van der Waals surface area contributed by atoms with Gasteiger partial charge in [0.05, 0.1) is 5.69 Å². The molecular formula is C13H23N5O. The van der Waals surface area contributed by atoms with E-state index < -0.39 is 0 Å². The predicted octanol–water partition coefficient (Wildman–Crippen LogP) is 0.656. The molecule has 0 bridgehead atoms. The molecule has 6 nitrogen and oxygen atoms in total. The Hall–Kier alpha value is -1.56. The van der Waals surface area contributed by atoms with Gasteiger partial charge in [0.25, 0.3) is 0 Å². The van der Waals surface area contributed by atoms with Crippen molar-refractivity contribution in [1.82, 2.24) is 24.9 Å². The average Bonchev–Trinajstić information content (AvgIpc) is 2.81. The molecule has 2 amide bonds. The molecule has 1 aromatic heterocycles. The average molecular weight is 265 g/mol. The van der Waals surface area contributed by atoms with Gasteiger partial charge < -0.3 is 15.1 Å². The molecule has 0 unspecified atom stereocenters. The minimum absolute atomic E-state index is 0.116. The van der Waals surface area contributed by atoms with Crippen LogP contribution in [0.1, 0.15) is 18.5 Å². The van der Waals surface area contributed by atoms with Crippen molar-refractivity contribution in [2.45, 2.75) is 25.4 Å². The third kappa shape index (κ3) is 3.47. The second-order valence-electron chi connectivity index (χ2n) is 5.27. The quantitative estimate of drug-likeness (QED) is 0.873. The summed E-state index contributed by atoms with van der Waals surface area (Å²) in [6.45, 7) is 2.50. The minimum Gasteiger partial charge on any atom is -0.331 e. The van der Waals surface area contributed by atoms with E-state index in [4.69, 9.17) is 0 Å². The predicted molar refractivity (Wildman–Crippen MR) is 73.7 cm³/mol. The number of likely N-dealkylation sites (tertiary alicyclic amines) is 1. The van der Waals surface area contributed by atoms with E-state index in [2.05, 4.69) is 10.4 Å². The number of carbonyl (C=O) groups excluding carboxylic acids is 1. The number of aromatic nitrogens is 2. The molecule has 1 N–H and O–H groups in total. The molecule has 2 rings (SSSR count). The lowest BCUT2D eigenvalue weighted by molar-refractivity contribution is 0.152. The van der Waals surface area contributed by atoms with Crippen molar-refractivity contribution in [2.24, 2.45) is 7.05 Å². The molecule has 0 atom stereocenters. The molecule has 0 aromatic carbocycles. The second-order valence-corrected chi connectivity index (χ2v) is 5.27. The van der Waals surface area contributed by atoms with Gasteiger partial charge in [0.1, 0.15) is 0 Å². The van der Waals surface area contributed by atoms with E-state index in [0.29, 0.717) is 6.04 Å². The SMILES string of the molecule is CN(C)C(=O)N1CCC(NCc2ccnn2C)CC1. The van der Waals surface area contributed by atoms with Crippen molar-refractivity contribution in [2.75, 3.05) is 27.2 Å². The van der Waals surface area contributed by atoms with E-state index in [1.165, 1.54) is 5.69 Å². The first-order chi connectivity index (χ1) is 9.08. The van der Waals surface area contributed by atoms with E-state index in [-0.39, 0.29) is 6.03 Å². The van der Waals surface area contributed by atoms with Gasteiger partial charge in [-0.25, -0.2) is 4.79 Å². The summed E-state index contributed by atoms with van der Waals surface area (Å²) in [5.74, 6) is 0. The van der Waals surface area contributed by atoms with Crippen molar-refractivity contribution in [3.63, 3.8) is 0 Å². The Morgan fingerprint density at radius 3 is 2.68 bits per heavy atom. The lowest BCUT2D eigenvalue weighted by Gasteiger charge is -2.34. The Morgan fingerprint density at radius 1 is 1.47 bits per heavy atom. The van der Waals surface area contributed by atoms with Gasteiger partial charge in [0.2, 0.25) is 0 Å². The van der Waals surface area contributed by atoms with Crippen LogP contribution in [0.15, 0.2) is 12.3 Å². The Bertz CT molecular complexity index is 420. The lowest BCUT2D eigenvalue weighted by Crippen LogP contribution is -2.48. The van der Waals surface area contributed by atoms with Gasteiger partial charge in [-0.15, -0.1) is 0 Å². The number of urea groups is 1. The Morgan fingerprint density at radius 2 is 2.16 bits per heavy atom. The Labute approximate surface area is 114 Å². The number of amides is 2. The summed E-state index contributed by atoms with van der Waals surface area (Å²) in [6, 6.07) is 2.63. The van der Waals surface area contributed by atoms with Crippen LogP contribution in [-0.2, 0) is 13.6 Å². The highest BCUT2D eigenvalue weighted by Gasteiger charge is 2.23. The van der Waals surface area contributed by atoms with Gasteiger partial charge in [0.15, 0.2) is 0 Å². The van der Waals surface area contributed by atoms with Gasteiger partial charge in [-0.1, -0.05) is 0 Å². The molecule has 19 heavy (non-hydrogen) atoms. The fourth-order valence-corrected chi connectivity index (χ4v) is 2.38. The van der Waals surface area contributed by atoms with E-state index >= 15 is 0 Å². The van der Waals surface area contributed by atoms with Crippen LogP contribution in [0.5, 0.6) is 0 Å². The lowest BCUT2D eigenvalue weighted by atomic mass is 10.1. The summed E-state index contributed by atoms with van der Waals surface area (Å²) in [4.78, 5) is 15.4. The standard InChI is InChI=1S/C13H23N5O/c1-16(2)13(19)18-8-5-11(6-9-18)14-10-12-4-7-15-17(12)3/h4,7,11,14H,5-6,8-10H2,1-3H3. The molecule has 1 aromatic rings. The third-order valence-electron chi connectivity index (χ3n) is 3.64. The number of hydrogen-bond donors (Lipinski definition) is 1. The fourth-order valence-electron chi connectivity index (χ4n) is 2.38. The van der Waals surface area contributed by atoms with Crippen molar-refractivity contribution >= 4 is 6.03 Å². The van der Waals surface area contributed by atoms with E-state index in [1.54, 1.807) is 19.0 Å². The summed E-state index contributed by atoms with van der Waals surface area (Å²) in [7, 11) is 5.56. The van der Waals surface area contributed by atoms with Crippen molar-refractivity contribution in [3.05, 3.63) is 18.0 Å². The van der Waals surface area contributed by atoms with Crippen LogP contribution in [0, 0.1) is 0 Å². The summed E-state index contributed by atoms with van der Waals surface area (Å²) in [5, 5.41) is 7.69. The van der Waals surface area contributed by atoms with Gasteiger partial charge in [-0.2, -0.15) is 5.10 Å². The first kappa shape index (κ1) is 13.9. The molecule has 1 aliphatic rings. The van der Waals surface area contributed by atoms with Crippen LogP contribution < -0.4 is 5.32 Å². The van der Waals surface area contributed by atoms with Crippen LogP contribution in [0.3, 0.4) is 0 Å². The largest absolute Gasteiger partial charge is 0.331 e. The molecule has 0 spiro atoms. The Balaban J connectivity index is 1.75. The van der Waals surface area contributed by atoms with Crippen molar-refractivity contribution in [3.8, 4) is 0 Å². The highest BCUT2D eigenvalue weighted by molar-refractivity contribution is 5.73. The van der Waals surface area contributed by atoms with Gasteiger partial charge in [-0.05, 0) is 18.9 Å². The number of piperidine rings is 1. The monoisotopic (exact) mass is 265 g/mol. The van der Waals surface area contributed by atoms with Crippen molar-refractivity contribution < 1.29 is 4.79 Å². The van der Waals surface area contributed by atoms with Crippen LogP contribution in [0.25, 0.3) is 0 Å². The molecule has 1 aliphatic heterocycles. The summed E-state index contributed by atoms with van der Waals surface area (Å²) >= 11 is 0. The molecule has 0 saturated carbocycles. The number of nitrogens with one attached hydrogen (secondary N) is 1. The van der Waals surface area contributed by atoms with Crippen LogP contribution in [0.2, 0.25) is 0 Å². The summed E-state index contributed by atoms with van der Waals surface area (Å²) in [6.07, 6.45) is 3.84. The van der Waals surface area contributed by atoms with Gasteiger partial charge in [0, 0.05) is 53.0 Å². The van der Waals surface area contributed by atoms with Crippen LogP contribution in [0.4, 0.5) is 4.79 Å². The Kier molecular flexibility index (Phi) is 4.42. The van der Waals surface area contributed by atoms with Crippen LogP contribution >= 0.6 is 0 Å². The topological polar surface area (TPSA) is 53.4 Å². The zero-order valence-corrected chi connectivity index (χ0v) is 12.0. The normalized spacial score (nSPS) is 16.7. The zero-order chi connectivity index (χ0) is 13.8. The third-order valence-corrected chi connectivity index (χ3v) is 3.64. The number of nitrogens with zero attached hydrogens (tertiary/aromatic N) is 4. The highest BCUT2D eigenvalue weighted by atomic mass is 16.2. The maximum absolute atomic E-state index is 11.8. The highest BCUT2D eigenvalue weighted by Crippen LogP contribution is 2.12. The number of aryl methyl sites for hydroxylation is 1. The maximum atomic E-state index is 11.8. The molecule has 106 valence electrons. The smallest absolute Gasteiger partial charge is 0.319 e. The number of carbonyl (C=O) groups is 1. The molecule has 1 fully saturated rings. The fraction of sp³-hybridized carbons (Fsp3) is 0.692. The number of hydrogen-bond acceptors (Lipinski definition) is 3. The maximum Gasteiger partial charge on any atom is 0.319 e. The first-order valence-corrected chi connectivity index (χ1v) is 6.74. The minimum atomic E-state index is 0.116. The second kappa shape index (κ2) is 6.06. The van der Waals surface area contributed by atoms with Crippen molar-refractivity contribution in [1.29, 1.82) is 0 Å². The molecule has 2 heterocycles. The molecule has 0 aliphatic carbocycles. The summed E-state index contributed by atoms with van der Waals surface area (Å²) in [5.41, 5.74) is 1.19. The molecule has 0 radical (unpaired) electrons. The van der Waals surface area contributed by atoms with Gasteiger partial charge >= 0.3 is 6.03 Å². The van der Waals surface area contributed by atoms with Crippen LogP contribution in [-0.4, -0.2) is 58.8 Å². The summed E-state index contributed by atoms with van der Waals surface area (Å²) < 4.78 is 1.89. The molecule has 1 saturated heterocycles. The first-order valence-electron chi connectivity index (χ1n) is 6.74. The van der Waals surface area contributed by atoms with E-state index in [0.717, 1.165) is 32.5 Å². The van der Waals surface area contributed by atoms with E-state index in [1.807, 2.05) is 28.9 Å². The molecular weight excluding hydrogens is 242 g/mol. The zero-order valence-electron chi connectivity index (χ0n) is 12.0. The van der Waals surface area contributed by atoms with E-state index in [9.17, 15) is 4.79 Å².